The zero-order valence-electron chi connectivity index (χ0n) is 10.5. The summed E-state index contributed by atoms with van der Waals surface area (Å²) in [6.07, 6.45) is 3.54. The zero-order chi connectivity index (χ0) is 13.9. The van der Waals surface area contributed by atoms with Crippen LogP contribution in [0.25, 0.3) is 11.8 Å². The number of cyclic esters (lactones) is 1. The van der Waals surface area contributed by atoms with Crippen molar-refractivity contribution in [3.05, 3.63) is 82.4 Å². The van der Waals surface area contributed by atoms with Gasteiger partial charge in [-0.05, 0) is 29.8 Å². The Hall–Kier alpha value is -2.32. The molecule has 0 saturated carbocycles. The molecule has 0 aromatic heterocycles. The summed E-state index contributed by atoms with van der Waals surface area (Å²) in [7, 11) is 0. The number of carbonyl (C=O) groups excluding carboxylic acids is 1. The van der Waals surface area contributed by atoms with Gasteiger partial charge in [-0.25, -0.2) is 4.79 Å². The van der Waals surface area contributed by atoms with Gasteiger partial charge in [0.15, 0.2) is 0 Å². The highest BCUT2D eigenvalue weighted by molar-refractivity contribution is 6.30. The topological polar surface area (TPSA) is 26.3 Å². The quantitative estimate of drug-likeness (QED) is 0.606. The molecular weight excluding hydrogens is 272 g/mol. The average molecular weight is 283 g/mol. The van der Waals surface area contributed by atoms with E-state index < -0.39 is 0 Å². The minimum absolute atomic E-state index is 0.334. The molecule has 98 valence electrons. The predicted octanol–water partition coefficient (Wildman–Crippen LogP) is 4.32. The van der Waals surface area contributed by atoms with Crippen LogP contribution in [-0.4, -0.2) is 5.97 Å². The van der Waals surface area contributed by atoms with Crippen LogP contribution in [0.5, 0.6) is 0 Å². The predicted molar refractivity (Wildman–Crippen MR) is 79.9 cm³/mol. The molecule has 0 spiro atoms. The smallest absolute Gasteiger partial charge is 0.343 e. The van der Waals surface area contributed by atoms with Crippen molar-refractivity contribution in [3.63, 3.8) is 0 Å². The number of carbonyl (C=O) groups is 1. The van der Waals surface area contributed by atoms with Gasteiger partial charge in [-0.3, -0.25) is 0 Å². The third-order valence-corrected chi connectivity index (χ3v) is 3.23. The third kappa shape index (κ3) is 2.65. The van der Waals surface area contributed by atoms with Crippen molar-refractivity contribution in [1.82, 2.24) is 0 Å². The Bertz CT molecular complexity index is 698. The Labute approximate surface area is 122 Å². The van der Waals surface area contributed by atoms with Crippen molar-refractivity contribution in [2.75, 3.05) is 0 Å². The van der Waals surface area contributed by atoms with Gasteiger partial charge in [0.2, 0.25) is 0 Å². The summed E-state index contributed by atoms with van der Waals surface area (Å²) in [5.74, 6) is 0.245. The molecule has 0 aliphatic carbocycles. The van der Waals surface area contributed by atoms with Gasteiger partial charge in [0.25, 0.3) is 0 Å². The van der Waals surface area contributed by atoms with Crippen molar-refractivity contribution in [1.29, 1.82) is 0 Å². The summed E-state index contributed by atoms with van der Waals surface area (Å²) >= 11 is 5.84. The highest BCUT2D eigenvalue weighted by Crippen LogP contribution is 2.27. The largest absolute Gasteiger partial charge is 0.422 e. The van der Waals surface area contributed by atoms with Crippen molar-refractivity contribution < 1.29 is 9.53 Å². The van der Waals surface area contributed by atoms with Crippen LogP contribution < -0.4 is 0 Å². The molecule has 0 bridgehead atoms. The molecule has 2 aromatic carbocycles. The SMILES string of the molecule is O=C1OC(c2ccccc2)=CC1=Cc1ccc(Cl)cc1. The Morgan fingerprint density at radius 2 is 1.65 bits per heavy atom. The number of hydrogen-bond donors (Lipinski definition) is 0. The normalized spacial score (nSPS) is 16.1. The van der Waals surface area contributed by atoms with Crippen LogP contribution >= 0.6 is 11.6 Å². The number of ether oxygens (including phenoxy) is 1. The van der Waals surface area contributed by atoms with Crippen molar-refractivity contribution in [2.45, 2.75) is 0 Å². The van der Waals surface area contributed by atoms with Crippen LogP contribution in [-0.2, 0) is 9.53 Å². The van der Waals surface area contributed by atoms with Crippen LogP contribution in [0.1, 0.15) is 11.1 Å². The molecule has 0 atom stereocenters. The summed E-state index contributed by atoms with van der Waals surface area (Å²) < 4.78 is 5.28. The minimum Gasteiger partial charge on any atom is -0.422 e. The molecule has 2 nitrogen and oxygen atoms in total. The third-order valence-electron chi connectivity index (χ3n) is 2.98. The highest BCUT2D eigenvalue weighted by atomic mass is 35.5. The molecule has 1 aliphatic heterocycles. The lowest BCUT2D eigenvalue weighted by Crippen LogP contribution is -1.96. The number of esters is 1. The molecule has 0 amide bonds. The zero-order valence-corrected chi connectivity index (χ0v) is 11.3. The maximum Gasteiger partial charge on any atom is 0.343 e. The number of benzene rings is 2. The van der Waals surface area contributed by atoms with Gasteiger partial charge in [-0.15, -0.1) is 0 Å². The first-order valence-corrected chi connectivity index (χ1v) is 6.57. The van der Waals surface area contributed by atoms with E-state index in [1.54, 1.807) is 24.3 Å². The Balaban J connectivity index is 1.92. The van der Waals surface area contributed by atoms with Crippen LogP contribution in [0.4, 0.5) is 0 Å². The van der Waals surface area contributed by atoms with E-state index in [0.717, 1.165) is 11.1 Å². The fourth-order valence-electron chi connectivity index (χ4n) is 1.97. The first-order chi connectivity index (χ1) is 9.72. The highest BCUT2D eigenvalue weighted by Gasteiger charge is 2.21. The molecule has 3 heteroatoms. The maximum absolute atomic E-state index is 11.9. The fourth-order valence-corrected chi connectivity index (χ4v) is 2.10. The second-order valence-corrected chi connectivity index (χ2v) is 4.85. The Morgan fingerprint density at radius 1 is 0.950 bits per heavy atom. The number of halogens is 1. The molecule has 0 saturated heterocycles. The van der Waals surface area contributed by atoms with Gasteiger partial charge in [-0.1, -0.05) is 54.1 Å². The van der Waals surface area contributed by atoms with Crippen molar-refractivity contribution >= 4 is 29.4 Å². The minimum atomic E-state index is -0.334. The van der Waals surface area contributed by atoms with E-state index in [1.165, 1.54) is 0 Å². The van der Waals surface area contributed by atoms with E-state index in [0.29, 0.717) is 16.4 Å². The molecule has 0 radical (unpaired) electrons. The van der Waals surface area contributed by atoms with Crippen LogP contribution in [0.2, 0.25) is 5.02 Å². The van der Waals surface area contributed by atoms with Crippen LogP contribution in [0, 0.1) is 0 Å². The summed E-state index contributed by atoms with van der Waals surface area (Å²) in [5, 5.41) is 0.668. The standard InChI is InChI=1S/C17H11ClO2/c18-15-8-6-12(7-9-15)10-14-11-16(20-17(14)19)13-4-2-1-3-5-13/h1-11H. The molecular formula is C17H11ClO2. The monoisotopic (exact) mass is 282 g/mol. The first-order valence-electron chi connectivity index (χ1n) is 6.19. The van der Waals surface area contributed by atoms with Crippen LogP contribution in [0.3, 0.4) is 0 Å². The van der Waals surface area contributed by atoms with Gasteiger partial charge in [0, 0.05) is 10.6 Å². The molecule has 0 fully saturated rings. The second-order valence-electron chi connectivity index (χ2n) is 4.42. The molecule has 20 heavy (non-hydrogen) atoms. The lowest BCUT2D eigenvalue weighted by atomic mass is 10.1. The van der Waals surface area contributed by atoms with E-state index >= 15 is 0 Å². The second kappa shape index (κ2) is 5.35. The van der Waals surface area contributed by atoms with Crippen LogP contribution in [0.15, 0.2) is 66.2 Å². The summed E-state index contributed by atoms with van der Waals surface area (Å²) in [6, 6.07) is 16.8. The molecule has 0 N–H and O–H groups in total. The van der Waals surface area contributed by atoms with E-state index in [-0.39, 0.29) is 5.97 Å². The Morgan fingerprint density at radius 3 is 2.35 bits per heavy atom. The summed E-state index contributed by atoms with van der Waals surface area (Å²) in [5.41, 5.74) is 2.33. The number of rotatable bonds is 2. The summed E-state index contributed by atoms with van der Waals surface area (Å²) in [4.78, 5) is 11.9. The molecule has 2 aromatic rings. The van der Waals surface area contributed by atoms with E-state index in [1.807, 2.05) is 42.5 Å². The van der Waals surface area contributed by atoms with Crippen molar-refractivity contribution in [3.8, 4) is 0 Å². The van der Waals surface area contributed by atoms with Crippen molar-refractivity contribution in [2.24, 2.45) is 0 Å². The van der Waals surface area contributed by atoms with Gasteiger partial charge < -0.3 is 4.74 Å². The lowest BCUT2D eigenvalue weighted by molar-refractivity contribution is -0.130. The molecule has 0 unspecified atom stereocenters. The van der Waals surface area contributed by atoms with Gasteiger partial charge in [0.1, 0.15) is 5.76 Å². The van der Waals surface area contributed by atoms with E-state index in [9.17, 15) is 4.79 Å². The Kier molecular flexibility index (Phi) is 3.40. The number of hydrogen-bond acceptors (Lipinski definition) is 2. The lowest BCUT2D eigenvalue weighted by Gasteiger charge is -2.00. The molecule has 1 heterocycles. The van der Waals surface area contributed by atoms with Gasteiger partial charge in [-0.2, -0.15) is 0 Å². The maximum atomic E-state index is 11.9. The van der Waals surface area contributed by atoms with E-state index in [4.69, 9.17) is 16.3 Å². The summed E-state index contributed by atoms with van der Waals surface area (Å²) in [6.45, 7) is 0. The molecule has 3 rings (SSSR count). The van der Waals surface area contributed by atoms with Gasteiger partial charge in [0.05, 0.1) is 5.57 Å². The van der Waals surface area contributed by atoms with E-state index in [2.05, 4.69) is 0 Å². The average Bonchev–Trinajstić information content (AvgIpc) is 2.84. The first kappa shape index (κ1) is 12.7. The van der Waals surface area contributed by atoms with Gasteiger partial charge >= 0.3 is 5.97 Å². The fraction of sp³-hybridized carbons (Fsp3) is 0. The molecule has 1 aliphatic rings.